The summed E-state index contributed by atoms with van der Waals surface area (Å²) < 4.78 is 30.9. The van der Waals surface area contributed by atoms with Crippen molar-refractivity contribution < 1.29 is 18.3 Å². The van der Waals surface area contributed by atoms with Crippen LogP contribution in [0.2, 0.25) is 0 Å². The number of amides is 1. The second kappa shape index (κ2) is 6.25. The van der Waals surface area contributed by atoms with Gasteiger partial charge in [0.05, 0.1) is 24.6 Å². The Balaban J connectivity index is 1.84. The molecule has 0 aromatic carbocycles. The van der Waals surface area contributed by atoms with E-state index in [-0.39, 0.29) is 25.4 Å². The first-order valence-corrected chi connectivity index (χ1v) is 7.44. The van der Waals surface area contributed by atoms with Gasteiger partial charge in [-0.05, 0) is 20.8 Å². The molecule has 1 saturated carbocycles. The van der Waals surface area contributed by atoms with E-state index in [2.05, 4.69) is 15.3 Å². The van der Waals surface area contributed by atoms with Crippen molar-refractivity contribution in [3.8, 4) is 0 Å². The van der Waals surface area contributed by atoms with Crippen LogP contribution < -0.4 is 10.2 Å². The van der Waals surface area contributed by atoms with E-state index < -0.39 is 17.6 Å². The second-order valence-corrected chi connectivity index (χ2v) is 6.75. The highest BCUT2D eigenvalue weighted by Gasteiger charge is 2.47. The average Bonchev–Trinajstić information content (AvgIpc) is 2.40. The molecule has 0 atom stereocenters. The van der Waals surface area contributed by atoms with E-state index >= 15 is 0 Å². The quantitative estimate of drug-likeness (QED) is 0.920. The summed E-state index contributed by atoms with van der Waals surface area (Å²) in [5, 5.41) is 2.58. The number of carbonyl (C=O) groups excluding carboxylic acids is 1. The molecule has 128 valence electrons. The van der Waals surface area contributed by atoms with Crippen LogP contribution in [-0.4, -0.2) is 40.7 Å². The lowest BCUT2D eigenvalue weighted by molar-refractivity contribution is -0.0850. The highest BCUT2D eigenvalue weighted by atomic mass is 19.3. The molecular weight excluding hydrogens is 306 g/mol. The molecule has 8 heteroatoms. The fourth-order valence-corrected chi connectivity index (χ4v) is 2.19. The summed E-state index contributed by atoms with van der Waals surface area (Å²) in [5.41, 5.74) is -0.000345. The van der Waals surface area contributed by atoms with Crippen LogP contribution in [0.15, 0.2) is 12.4 Å². The maximum Gasteiger partial charge on any atom is 0.407 e. The predicted molar refractivity (Wildman–Crippen MR) is 81.5 cm³/mol. The van der Waals surface area contributed by atoms with Crippen molar-refractivity contribution in [3.63, 3.8) is 0 Å². The number of alkyl halides is 2. The highest BCUT2D eigenvalue weighted by Crippen LogP contribution is 2.40. The fraction of sp³-hybridized carbons (Fsp3) is 0.667. The molecule has 1 amide bonds. The van der Waals surface area contributed by atoms with Crippen LogP contribution in [0.25, 0.3) is 0 Å². The largest absolute Gasteiger partial charge is 0.444 e. The van der Waals surface area contributed by atoms with Crippen LogP contribution in [0.5, 0.6) is 0 Å². The normalized spacial score (nSPS) is 17.3. The molecule has 0 bridgehead atoms. The average molecular weight is 328 g/mol. The van der Waals surface area contributed by atoms with E-state index in [4.69, 9.17) is 4.74 Å². The molecule has 1 N–H and O–H groups in total. The number of alkyl carbamates (subject to hydrolysis) is 1. The second-order valence-electron chi connectivity index (χ2n) is 6.75. The Morgan fingerprint density at radius 3 is 2.52 bits per heavy atom. The number of ether oxygens (including phenoxy) is 1. The SMILES string of the molecule is CN(c1cnc(CNC(=O)OC(C)(C)C)cn1)C1CC(F)(F)C1. The molecule has 2 rings (SSSR count). The monoisotopic (exact) mass is 328 g/mol. The molecule has 6 nitrogen and oxygen atoms in total. The summed E-state index contributed by atoms with van der Waals surface area (Å²) in [6.45, 7) is 5.52. The third kappa shape index (κ3) is 5.01. The van der Waals surface area contributed by atoms with Crippen molar-refractivity contribution in [2.45, 2.75) is 57.7 Å². The number of anilines is 1. The molecule has 0 radical (unpaired) electrons. The van der Waals surface area contributed by atoms with Crippen LogP contribution >= 0.6 is 0 Å². The van der Waals surface area contributed by atoms with Gasteiger partial charge in [-0.15, -0.1) is 0 Å². The molecule has 1 aromatic rings. The minimum Gasteiger partial charge on any atom is -0.444 e. The molecule has 0 aliphatic heterocycles. The van der Waals surface area contributed by atoms with Gasteiger partial charge in [0.2, 0.25) is 0 Å². The van der Waals surface area contributed by atoms with Crippen molar-refractivity contribution in [3.05, 3.63) is 18.1 Å². The number of carbonyl (C=O) groups is 1. The first-order chi connectivity index (χ1) is 10.6. The molecule has 0 saturated heterocycles. The van der Waals surface area contributed by atoms with Gasteiger partial charge in [0.1, 0.15) is 11.4 Å². The Labute approximate surface area is 134 Å². The summed E-state index contributed by atoms with van der Waals surface area (Å²) >= 11 is 0. The summed E-state index contributed by atoms with van der Waals surface area (Å²) in [5.74, 6) is -2.03. The lowest BCUT2D eigenvalue weighted by atomic mass is 9.87. The van der Waals surface area contributed by atoms with Crippen molar-refractivity contribution in [1.29, 1.82) is 0 Å². The molecule has 1 aliphatic rings. The van der Waals surface area contributed by atoms with Gasteiger partial charge < -0.3 is 15.0 Å². The fourth-order valence-electron chi connectivity index (χ4n) is 2.19. The number of hydrogen-bond donors (Lipinski definition) is 1. The van der Waals surface area contributed by atoms with E-state index in [9.17, 15) is 13.6 Å². The third-order valence-electron chi connectivity index (χ3n) is 3.48. The van der Waals surface area contributed by atoms with Gasteiger partial charge in [0.25, 0.3) is 5.92 Å². The molecule has 1 aliphatic carbocycles. The lowest BCUT2D eigenvalue weighted by Crippen LogP contribution is -2.49. The van der Waals surface area contributed by atoms with Gasteiger partial charge in [-0.3, -0.25) is 4.98 Å². The Kier molecular flexibility index (Phi) is 4.72. The van der Waals surface area contributed by atoms with Gasteiger partial charge in [-0.25, -0.2) is 18.6 Å². The van der Waals surface area contributed by atoms with Crippen LogP contribution in [0.4, 0.5) is 19.4 Å². The molecule has 23 heavy (non-hydrogen) atoms. The van der Waals surface area contributed by atoms with Crippen molar-refractivity contribution >= 4 is 11.9 Å². The van der Waals surface area contributed by atoms with Gasteiger partial charge in [-0.2, -0.15) is 0 Å². The zero-order valence-corrected chi connectivity index (χ0v) is 13.8. The van der Waals surface area contributed by atoms with Gasteiger partial charge in [0.15, 0.2) is 0 Å². The Hall–Kier alpha value is -1.99. The zero-order valence-electron chi connectivity index (χ0n) is 13.8. The number of rotatable bonds is 4. The van der Waals surface area contributed by atoms with Crippen molar-refractivity contribution in [2.75, 3.05) is 11.9 Å². The number of nitrogens with zero attached hydrogens (tertiary/aromatic N) is 3. The van der Waals surface area contributed by atoms with E-state index in [0.717, 1.165) is 0 Å². The van der Waals surface area contributed by atoms with Crippen molar-refractivity contribution in [1.82, 2.24) is 15.3 Å². The molecule has 1 fully saturated rings. The van der Waals surface area contributed by atoms with Crippen LogP contribution in [0, 0.1) is 0 Å². The molecular formula is C15H22F2N4O2. The van der Waals surface area contributed by atoms with Crippen LogP contribution in [-0.2, 0) is 11.3 Å². The summed E-state index contributed by atoms with van der Waals surface area (Å²) in [6, 6.07) is -0.218. The molecule has 0 unspecified atom stereocenters. The first kappa shape index (κ1) is 17.4. The number of nitrogens with one attached hydrogen (secondary N) is 1. The highest BCUT2D eigenvalue weighted by molar-refractivity contribution is 5.67. The smallest absolute Gasteiger partial charge is 0.407 e. The van der Waals surface area contributed by atoms with Gasteiger partial charge >= 0.3 is 6.09 Å². The predicted octanol–water partition coefficient (Wildman–Crippen LogP) is 2.74. The summed E-state index contributed by atoms with van der Waals surface area (Å²) in [6.07, 6.45) is 2.18. The number of aromatic nitrogens is 2. The van der Waals surface area contributed by atoms with E-state index in [1.54, 1.807) is 32.7 Å². The topological polar surface area (TPSA) is 67.4 Å². The first-order valence-electron chi connectivity index (χ1n) is 7.44. The minimum atomic E-state index is -2.57. The molecule has 1 aromatic heterocycles. The number of halogens is 2. The standard InChI is InChI=1S/C15H22F2N4O2/c1-14(2,3)23-13(22)20-8-10-7-19-12(9-18-10)21(4)11-5-15(16,17)6-11/h7,9,11H,5-6,8H2,1-4H3,(H,20,22). The van der Waals surface area contributed by atoms with Gasteiger partial charge in [0, 0.05) is 25.9 Å². The maximum absolute atomic E-state index is 12.9. The Bertz CT molecular complexity index is 550. The Morgan fingerprint density at radius 1 is 1.39 bits per heavy atom. The summed E-state index contributed by atoms with van der Waals surface area (Å²) in [7, 11) is 1.72. The van der Waals surface area contributed by atoms with Crippen LogP contribution in [0.3, 0.4) is 0 Å². The molecule has 1 heterocycles. The number of hydrogen-bond acceptors (Lipinski definition) is 5. The van der Waals surface area contributed by atoms with Crippen LogP contribution in [0.1, 0.15) is 39.3 Å². The summed E-state index contributed by atoms with van der Waals surface area (Å²) in [4.78, 5) is 21.6. The minimum absolute atomic E-state index is 0.160. The van der Waals surface area contributed by atoms with Gasteiger partial charge in [-0.1, -0.05) is 0 Å². The third-order valence-corrected chi connectivity index (χ3v) is 3.48. The van der Waals surface area contributed by atoms with E-state index in [1.807, 2.05) is 0 Å². The lowest BCUT2D eigenvalue weighted by Gasteiger charge is -2.41. The zero-order chi connectivity index (χ0) is 17.3. The van der Waals surface area contributed by atoms with E-state index in [1.165, 1.54) is 12.4 Å². The van der Waals surface area contributed by atoms with Crippen molar-refractivity contribution in [2.24, 2.45) is 0 Å². The van der Waals surface area contributed by atoms with E-state index in [0.29, 0.717) is 11.5 Å². The maximum atomic E-state index is 12.9. The molecule has 0 spiro atoms. The Morgan fingerprint density at radius 2 is 2.04 bits per heavy atom.